The third-order valence-corrected chi connectivity index (χ3v) is 4.02. The van der Waals surface area contributed by atoms with Crippen molar-refractivity contribution in [3.8, 4) is 11.5 Å². The van der Waals surface area contributed by atoms with Crippen LogP contribution < -0.4 is 10.1 Å². The fraction of sp³-hybridized carbons (Fsp3) is 0.0556. The van der Waals surface area contributed by atoms with Gasteiger partial charge in [0.05, 0.1) is 22.0 Å². The Bertz CT molecular complexity index is 1030. The lowest BCUT2D eigenvalue weighted by atomic mass is 10.0. The molecule has 1 heterocycles. The third-order valence-electron chi connectivity index (χ3n) is 3.71. The zero-order valence-corrected chi connectivity index (χ0v) is 14.1. The molecule has 1 aliphatic heterocycles. The van der Waals surface area contributed by atoms with Gasteiger partial charge in [-0.15, -0.1) is 0 Å². The summed E-state index contributed by atoms with van der Waals surface area (Å²) in [6.07, 6.45) is -6.33. The van der Waals surface area contributed by atoms with Gasteiger partial charge in [-0.1, -0.05) is 23.7 Å². The largest absolute Gasteiger partial charge is 0.503 e. The van der Waals surface area contributed by atoms with Crippen LogP contribution in [0.1, 0.15) is 5.56 Å². The molecule has 0 saturated carbocycles. The highest BCUT2D eigenvalue weighted by atomic mass is 35.5. The van der Waals surface area contributed by atoms with E-state index in [0.29, 0.717) is 28.0 Å². The monoisotopic (exact) mass is 397 g/mol. The lowest BCUT2D eigenvalue weighted by Gasteiger charge is -2.22. The van der Waals surface area contributed by atoms with E-state index in [2.05, 4.69) is 5.32 Å². The van der Waals surface area contributed by atoms with E-state index in [-0.39, 0.29) is 5.02 Å². The van der Waals surface area contributed by atoms with E-state index >= 15 is 0 Å². The number of fused-ring (bicyclic) bond motifs is 3. The van der Waals surface area contributed by atoms with Crippen LogP contribution in [0, 0.1) is 0 Å². The first-order chi connectivity index (χ1) is 12.6. The number of carboxylic acid groups (broad SMARTS) is 2. The molecule has 0 atom stereocenters. The van der Waals surface area contributed by atoms with Crippen LogP contribution in [0.3, 0.4) is 0 Å². The van der Waals surface area contributed by atoms with Gasteiger partial charge in [-0.25, -0.2) is 4.79 Å². The van der Waals surface area contributed by atoms with Crippen LogP contribution in [0.4, 0.5) is 29.3 Å². The van der Waals surface area contributed by atoms with Crippen molar-refractivity contribution >= 4 is 39.9 Å². The van der Waals surface area contributed by atoms with Gasteiger partial charge >= 0.3 is 12.3 Å². The Morgan fingerprint density at radius 2 is 1.59 bits per heavy atom. The Morgan fingerprint density at radius 1 is 0.963 bits per heavy atom. The third kappa shape index (κ3) is 4.01. The number of halogens is 4. The van der Waals surface area contributed by atoms with E-state index in [4.69, 9.17) is 31.3 Å². The van der Waals surface area contributed by atoms with Gasteiger partial charge in [0.2, 0.25) is 0 Å². The van der Waals surface area contributed by atoms with E-state index < -0.39 is 17.9 Å². The van der Waals surface area contributed by atoms with E-state index in [0.717, 1.165) is 11.8 Å². The van der Waals surface area contributed by atoms with Crippen molar-refractivity contribution in [2.24, 2.45) is 0 Å². The highest BCUT2D eigenvalue weighted by Crippen LogP contribution is 2.45. The first-order valence-electron chi connectivity index (χ1n) is 7.45. The van der Waals surface area contributed by atoms with Crippen molar-refractivity contribution in [3.63, 3.8) is 0 Å². The molecule has 0 fully saturated rings. The molecule has 1 aliphatic rings. The van der Waals surface area contributed by atoms with Gasteiger partial charge in [0.15, 0.2) is 11.5 Å². The van der Waals surface area contributed by atoms with E-state index in [1.54, 1.807) is 18.2 Å². The first kappa shape index (κ1) is 18.7. The summed E-state index contributed by atoms with van der Waals surface area (Å²) in [5.74, 6) is 1.11. The van der Waals surface area contributed by atoms with Gasteiger partial charge in [-0.2, -0.15) is 13.2 Å². The summed E-state index contributed by atoms with van der Waals surface area (Å²) in [7, 11) is 0. The Labute approximate surface area is 155 Å². The van der Waals surface area contributed by atoms with E-state index in [1.165, 1.54) is 6.07 Å². The molecule has 3 N–H and O–H groups in total. The number of benzene rings is 3. The fourth-order valence-corrected chi connectivity index (χ4v) is 2.90. The second-order valence-electron chi connectivity index (χ2n) is 5.53. The summed E-state index contributed by atoms with van der Waals surface area (Å²) in [6, 6.07) is 13.0. The first-order valence-corrected chi connectivity index (χ1v) is 7.83. The van der Waals surface area contributed by atoms with Crippen molar-refractivity contribution in [1.29, 1.82) is 0 Å². The molecule has 3 aromatic carbocycles. The predicted octanol–water partition coefficient (Wildman–Crippen LogP) is 6.58. The summed E-state index contributed by atoms with van der Waals surface area (Å²) in [5, 5.41) is 17.9. The summed E-state index contributed by atoms with van der Waals surface area (Å²) < 4.78 is 44.7. The van der Waals surface area contributed by atoms with Crippen LogP contribution in [-0.2, 0) is 6.18 Å². The number of anilines is 2. The zero-order chi connectivity index (χ0) is 19.8. The average molecular weight is 398 g/mol. The molecular formula is C18H11ClF3NO4. The highest BCUT2D eigenvalue weighted by molar-refractivity contribution is 6.32. The molecule has 0 spiro atoms. The molecule has 0 saturated heterocycles. The number of rotatable bonds is 0. The van der Waals surface area contributed by atoms with Crippen molar-refractivity contribution in [1.82, 2.24) is 0 Å². The minimum absolute atomic E-state index is 0.318. The van der Waals surface area contributed by atoms with Gasteiger partial charge in [0, 0.05) is 0 Å². The molecule has 0 unspecified atom stereocenters. The minimum Gasteiger partial charge on any atom is -0.453 e. The molecule has 0 radical (unpaired) electrons. The SMILES string of the molecule is FC(F)(F)c1cc2cc3c(cc2cc1Cl)Nc1ccccc1O3.O=C(O)O. The normalized spacial score (nSPS) is 12.0. The summed E-state index contributed by atoms with van der Waals surface area (Å²) >= 11 is 5.78. The number of alkyl halides is 3. The van der Waals surface area contributed by atoms with Gasteiger partial charge in [0.25, 0.3) is 0 Å². The summed E-state index contributed by atoms with van der Waals surface area (Å²) in [5.41, 5.74) is 0.639. The maximum absolute atomic E-state index is 13.0. The fourth-order valence-electron chi connectivity index (χ4n) is 2.62. The van der Waals surface area contributed by atoms with Crippen LogP contribution in [0.15, 0.2) is 48.5 Å². The van der Waals surface area contributed by atoms with Gasteiger partial charge < -0.3 is 20.3 Å². The molecule has 0 bridgehead atoms. The van der Waals surface area contributed by atoms with Gasteiger partial charge in [0.1, 0.15) is 0 Å². The maximum atomic E-state index is 13.0. The Hall–Kier alpha value is -3.13. The molecule has 4 rings (SSSR count). The molecule has 9 heteroatoms. The number of hydrogen-bond donors (Lipinski definition) is 3. The van der Waals surface area contributed by atoms with Crippen molar-refractivity contribution in [2.75, 3.05) is 5.32 Å². The number of nitrogens with one attached hydrogen (secondary N) is 1. The molecule has 27 heavy (non-hydrogen) atoms. The number of ether oxygens (including phenoxy) is 1. The Balaban J connectivity index is 0.000000481. The van der Waals surface area contributed by atoms with Crippen LogP contribution >= 0.6 is 11.6 Å². The van der Waals surface area contributed by atoms with E-state index in [1.807, 2.05) is 18.2 Å². The number of carbonyl (C=O) groups is 1. The Kier molecular flexibility index (Phi) is 4.75. The molecule has 0 amide bonds. The summed E-state index contributed by atoms with van der Waals surface area (Å²) in [4.78, 5) is 8.56. The van der Waals surface area contributed by atoms with Gasteiger partial charge in [-0.05, 0) is 47.2 Å². The molecule has 5 nitrogen and oxygen atoms in total. The Morgan fingerprint density at radius 3 is 2.26 bits per heavy atom. The van der Waals surface area contributed by atoms with E-state index in [9.17, 15) is 13.2 Å². The molecule has 0 aliphatic carbocycles. The molecule has 140 valence electrons. The smallest absolute Gasteiger partial charge is 0.453 e. The number of hydrogen-bond acceptors (Lipinski definition) is 3. The average Bonchev–Trinajstić information content (AvgIpc) is 2.56. The molecule has 0 aromatic heterocycles. The number of para-hydroxylation sites is 2. The molecule has 3 aromatic rings. The second-order valence-corrected chi connectivity index (χ2v) is 5.94. The van der Waals surface area contributed by atoms with Crippen molar-refractivity contribution < 1.29 is 32.9 Å². The minimum atomic E-state index is -4.49. The lowest BCUT2D eigenvalue weighted by Crippen LogP contribution is -2.06. The highest BCUT2D eigenvalue weighted by Gasteiger charge is 2.33. The topological polar surface area (TPSA) is 78.8 Å². The van der Waals surface area contributed by atoms with Crippen LogP contribution in [0.25, 0.3) is 10.8 Å². The quantitative estimate of drug-likeness (QED) is 0.312. The second kappa shape index (κ2) is 6.88. The van der Waals surface area contributed by atoms with Crippen LogP contribution in [-0.4, -0.2) is 16.4 Å². The standard InChI is InChI=1S/C17H9ClF3NO.CH2O3/c18-12-6-10-7-14-16(8-9(10)5-11(12)17(19,20)21)23-15-4-2-1-3-13(15)22-14;2-1(3)4/h1-8,22H;(H2,2,3,4). The molecular weight excluding hydrogens is 387 g/mol. The predicted molar refractivity (Wildman–Crippen MR) is 94.4 cm³/mol. The lowest BCUT2D eigenvalue weighted by molar-refractivity contribution is -0.137. The van der Waals surface area contributed by atoms with Gasteiger partial charge in [-0.3, -0.25) is 0 Å². The van der Waals surface area contributed by atoms with Crippen molar-refractivity contribution in [3.05, 3.63) is 59.1 Å². The van der Waals surface area contributed by atoms with Crippen molar-refractivity contribution in [2.45, 2.75) is 6.18 Å². The maximum Gasteiger partial charge on any atom is 0.503 e. The zero-order valence-electron chi connectivity index (χ0n) is 13.3. The summed E-state index contributed by atoms with van der Waals surface area (Å²) in [6.45, 7) is 0. The van der Waals surface area contributed by atoms with Crippen LogP contribution in [0.5, 0.6) is 11.5 Å². The van der Waals surface area contributed by atoms with Crippen LogP contribution in [0.2, 0.25) is 5.02 Å².